The molecule has 204 valence electrons. The Morgan fingerprint density at radius 3 is 1.85 bits per heavy atom. The molecule has 0 unspecified atom stereocenters. The number of ether oxygens (including phenoxy) is 2. The van der Waals surface area contributed by atoms with Gasteiger partial charge in [0.15, 0.2) is 11.5 Å². The third-order valence-electron chi connectivity index (χ3n) is 8.31. The number of carbonyl (C=O) groups is 2. The molecule has 3 aliphatic carbocycles. The minimum Gasteiger partial charge on any atom is -0.490 e. The van der Waals surface area contributed by atoms with Gasteiger partial charge >= 0.3 is 0 Å². The summed E-state index contributed by atoms with van der Waals surface area (Å²) < 4.78 is 12.7. The lowest BCUT2D eigenvalue weighted by molar-refractivity contribution is -0.139. The Balaban J connectivity index is 1.19. The first-order chi connectivity index (χ1) is 20.1. The summed E-state index contributed by atoms with van der Waals surface area (Å²) in [6.07, 6.45) is 1.55. The minimum absolute atomic E-state index is 0.159. The molecule has 0 radical (unpaired) electrons. The molecule has 0 N–H and O–H groups in total. The van der Waals surface area contributed by atoms with E-state index in [1.54, 1.807) is 6.21 Å². The molecule has 6 nitrogen and oxygen atoms in total. The summed E-state index contributed by atoms with van der Waals surface area (Å²) in [6.45, 7) is 2.74. The topological polar surface area (TPSA) is 68.2 Å². The normalized spacial score (nSPS) is 22.0. The molecular weight excluding hydrogens is 580 g/mol. The van der Waals surface area contributed by atoms with Crippen molar-refractivity contribution >= 4 is 34.0 Å². The zero-order valence-corrected chi connectivity index (χ0v) is 24.0. The highest BCUT2D eigenvalue weighted by molar-refractivity contribution is 9.10. The number of hydrazone groups is 1. The summed E-state index contributed by atoms with van der Waals surface area (Å²) in [5, 5.41) is 5.54. The molecule has 1 aliphatic heterocycles. The number of carbonyl (C=O) groups excluding carboxylic acids is 2. The van der Waals surface area contributed by atoms with Gasteiger partial charge in [-0.15, -0.1) is 0 Å². The van der Waals surface area contributed by atoms with Crippen LogP contribution in [0.4, 0.5) is 0 Å². The number of hydrogen-bond acceptors (Lipinski definition) is 5. The van der Waals surface area contributed by atoms with Gasteiger partial charge in [-0.05, 0) is 68.4 Å². The van der Waals surface area contributed by atoms with E-state index in [4.69, 9.17) is 9.47 Å². The largest absolute Gasteiger partial charge is 0.490 e. The van der Waals surface area contributed by atoms with E-state index in [9.17, 15) is 9.59 Å². The van der Waals surface area contributed by atoms with Gasteiger partial charge in [-0.2, -0.15) is 10.1 Å². The maximum absolute atomic E-state index is 13.8. The summed E-state index contributed by atoms with van der Waals surface area (Å²) in [5.74, 6) is -0.606. The quantitative estimate of drug-likeness (QED) is 0.174. The minimum atomic E-state index is -0.464. The van der Waals surface area contributed by atoms with Crippen molar-refractivity contribution in [2.45, 2.75) is 25.4 Å². The second kappa shape index (κ2) is 10.3. The Kier molecular flexibility index (Phi) is 6.47. The predicted octanol–water partition coefficient (Wildman–Crippen LogP) is 6.65. The van der Waals surface area contributed by atoms with Crippen molar-refractivity contribution in [2.24, 2.45) is 16.9 Å². The fourth-order valence-corrected chi connectivity index (χ4v) is 7.27. The SMILES string of the molecule is CCOc1cc(/C=N\N2C(=O)[C@H]3C4c5ccccc5C(c5ccccc54)[C@@H]3C2=O)cc(Br)c1OCc1ccccc1. The lowest BCUT2D eigenvalue weighted by Crippen LogP contribution is -2.41. The molecule has 4 aromatic carbocycles. The van der Waals surface area contributed by atoms with Crippen LogP contribution in [0.2, 0.25) is 0 Å². The van der Waals surface area contributed by atoms with E-state index in [-0.39, 0.29) is 23.7 Å². The van der Waals surface area contributed by atoms with Gasteiger partial charge < -0.3 is 9.47 Å². The van der Waals surface area contributed by atoms with Crippen LogP contribution in [0, 0.1) is 11.8 Å². The third-order valence-corrected chi connectivity index (χ3v) is 8.89. The van der Waals surface area contributed by atoms with E-state index in [1.807, 2.05) is 73.7 Å². The van der Waals surface area contributed by atoms with Crippen LogP contribution in [-0.2, 0) is 16.2 Å². The number of rotatable bonds is 7. The van der Waals surface area contributed by atoms with Gasteiger partial charge in [0, 0.05) is 11.8 Å². The molecule has 7 heteroatoms. The van der Waals surface area contributed by atoms with Crippen LogP contribution in [0.1, 0.15) is 52.1 Å². The first-order valence-electron chi connectivity index (χ1n) is 13.8. The predicted molar refractivity (Wildman–Crippen MR) is 159 cm³/mol. The van der Waals surface area contributed by atoms with Crippen molar-refractivity contribution in [3.8, 4) is 11.5 Å². The van der Waals surface area contributed by atoms with Gasteiger partial charge in [0.25, 0.3) is 11.8 Å². The number of amides is 2. The smallest absolute Gasteiger partial charge is 0.254 e. The highest BCUT2D eigenvalue weighted by atomic mass is 79.9. The first kappa shape index (κ1) is 25.7. The highest BCUT2D eigenvalue weighted by Crippen LogP contribution is 2.61. The average Bonchev–Trinajstić information content (AvgIpc) is 3.25. The van der Waals surface area contributed by atoms with Gasteiger partial charge in [-0.25, -0.2) is 0 Å². The Morgan fingerprint density at radius 1 is 0.780 bits per heavy atom. The molecule has 41 heavy (non-hydrogen) atoms. The van der Waals surface area contributed by atoms with Crippen molar-refractivity contribution < 1.29 is 19.1 Å². The van der Waals surface area contributed by atoms with Gasteiger partial charge in [0.05, 0.1) is 29.1 Å². The third kappa shape index (κ3) is 4.18. The van der Waals surface area contributed by atoms with E-state index < -0.39 is 11.8 Å². The van der Waals surface area contributed by atoms with Crippen molar-refractivity contribution in [3.63, 3.8) is 0 Å². The van der Waals surface area contributed by atoms with Crippen molar-refractivity contribution in [1.29, 1.82) is 0 Å². The lowest BCUT2D eigenvalue weighted by Gasteiger charge is -2.45. The number of halogens is 1. The van der Waals surface area contributed by atoms with Gasteiger partial charge in [-0.3, -0.25) is 9.59 Å². The molecular formula is C34H27BrN2O4. The highest BCUT2D eigenvalue weighted by Gasteiger charge is 2.61. The summed E-state index contributed by atoms with van der Waals surface area (Å²) in [4.78, 5) is 27.7. The summed E-state index contributed by atoms with van der Waals surface area (Å²) >= 11 is 3.61. The average molecular weight is 608 g/mol. The van der Waals surface area contributed by atoms with Crippen LogP contribution in [0.5, 0.6) is 11.5 Å². The molecule has 1 saturated heterocycles. The van der Waals surface area contributed by atoms with E-state index in [2.05, 4.69) is 45.3 Å². The standard InChI is InChI=1S/C34H27BrN2O4/c1-2-40-27-17-21(16-26(35)32(27)41-19-20-10-4-3-5-11-20)18-36-37-33(38)30-28-22-12-6-7-13-23(22)29(31(30)34(37)39)25-15-9-8-14-24(25)28/h3-18,28-31H,2,19H2,1H3/b36-18-/t28?,29?,30-,31-/m0/s1. The molecule has 0 saturated carbocycles. The summed E-state index contributed by atoms with van der Waals surface area (Å²) in [6, 6.07) is 30.0. The van der Waals surface area contributed by atoms with Gasteiger partial charge in [0.1, 0.15) is 6.61 Å². The second-order valence-electron chi connectivity index (χ2n) is 10.5. The van der Waals surface area contributed by atoms with Crippen LogP contribution >= 0.6 is 15.9 Å². The maximum Gasteiger partial charge on any atom is 0.254 e. The van der Waals surface area contributed by atoms with Crippen LogP contribution in [-0.4, -0.2) is 29.6 Å². The zero-order chi connectivity index (χ0) is 28.1. The molecule has 4 aliphatic rings. The van der Waals surface area contributed by atoms with E-state index in [1.165, 1.54) is 0 Å². The molecule has 8 rings (SSSR count). The molecule has 1 fully saturated rings. The first-order valence-corrected chi connectivity index (χ1v) is 14.6. The molecule has 0 aromatic heterocycles. The number of hydrogen-bond donors (Lipinski definition) is 0. The van der Waals surface area contributed by atoms with Crippen LogP contribution in [0.3, 0.4) is 0 Å². The van der Waals surface area contributed by atoms with Gasteiger partial charge in [0.2, 0.25) is 0 Å². The number of benzene rings is 4. The number of imide groups is 1. The monoisotopic (exact) mass is 606 g/mol. The Morgan fingerprint density at radius 2 is 1.32 bits per heavy atom. The summed E-state index contributed by atoms with van der Waals surface area (Å²) in [7, 11) is 0. The molecule has 0 spiro atoms. The Bertz CT molecular complexity index is 1590. The Hall–Kier alpha value is -4.23. The molecule has 2 amide bonds. The van der Waals surface area contributed by atoms with E-state index in [0.717, 1.165) is 32.8 Å². The van der Waals surface area contributed by atoms with Crippen LogP contribution in [0.25, 0.3) is 0 Å². The molecule has 2 bridgehead atoms. The molecule has 1 heterocycles. The lowest BCUT2D eigenvalue weighted by atomic mass is 9.55. The maximum atomic E-state index is 13.8. The fraction of sp³-hybridized carbons (Fsp3) is 0.206. The van der Waals surface area contributed by atoms with Crippen molar-refractivity contribution in [3.05, 3.63) is 129 Å². The Labute approximate surface area is 246 Å². The van der Waals surface area contributed by atoms with Crippen molar-refractivity contribution in [1.82, 2.24) is 5.01 Å². The van der Waals surface area contributed by atoms with E-state index in [0.29, 0.717) is 34.7 Å². The van der Waals surface area contributed by atoms with Crippen LogP contribution < -0.4 is 9.47 Å². The summed E-state index contributed by atoms with van der Waals surface area (Å²) in [5.41, 5.74) is 6.28. The van der Waals surface area contributed by atoms with Crippen molar-refractivity contribution in [2.75, 3.05) is 6.61 Å². The zero-order valence-electron chi connectivity index (χ0n) is 22.4. The van der Waals surface area contributed by atoms with Gasteiger partial charge in [-0.1, -0.05) is 78.9 Å². The van der Waals surface area contributed by atoms with E-state index >= 15 is 0 Å². The van der Waals surface area contributed by atoms with Crippen LogP contribution in [0.15, 0.2) is 101 Å². The number of nitrogens with zero attached hydrogens (tertiary/aromatic N) is 2. The molecule has 2 atom stereocenters. The second-order valence-corrected chi connectivity index (χ2v) is 11.4. The molecule has 4 aromatic rings. The fourth-order valence-electron chi connectivity index (χ4n) is 6.70.